The Balaban J connectivity index is 0.00000112. The van der Waals surface area contributed by atoms with Crippen molar-refractivity contribution in [3.63, 3.8) is 0 Å². The van der Waals surface area contributed by atoms with E-state index in [-0.39, 0.29) is 0 Å². The van der Waals surface area contributed by atoms with Gasteiger partial charge in [0.1, 0.15) is 0 Å². The minimum Gasteiger partial charge on any atom is -0.0841 e. The fraction of sp³-hybridized carbons (Fsp3) is 0.935. The molecule has 0 spiro atoms. The van der Waals surface area contributed by atoms with Crippen LogP contribution in [0.5, 0.6) is 0 Å². The van der Waals surface area contributed by atoms with E-state index in [0.717, 1.165) is 23.7 Å². The van der Waals surface area contributed by atoms with E-state index in [1.807, 2.05) is 19.4 Å². The van der Waals surface area contributed by atoms with Crippen molar-refractivity contribution in [1.82, 2.24) is 0 Å². The molecule has 0 radical (unpaired) electrons. The predicted octanol–water partition coefficient (Wildman–Crippen LogP) is 9.83. The molecule has 0 aromatic rings. The minimum absolute atomic E-state index is 0.434. The second kappa shape index (κ2) is 7.63. The number of rotatable bonds is 0. The van der Waals surface area contributed by atoms with Crippen LogP contribution in [0.1, 0.15) is 133 Å². The average Bonchev–Trinajstić information content (AvgIpc) is 2.70. The highest BCUT2D eigenvalue weighted by Crippen LogP contribution is 2.73. The molecule has 0 heterocycles. The van der Waals surface area contributed by atoms with Crippen LogP contribution in [0.2, 0.25) is 0 Å². The maximum absolute atomic E-state index is 2.85. The molecule has 0 aromatic heterocycles. The van der Waals surface area contributed by atoms with Gasteiger partial charge in [-0.1, -0.05) is 86.8 Å². The summed E-state index contributed by atoms with van der Waals surface area (Å²) < 4.78 is 0. The van der Waals surface area contributed by atoms with Gasteiger partial charge in [-0.15, -0.1) is 0 Å². The normalized spacial score (nSPS) is 52.9. The first-order valence-electron chi connectivity index (χ1n) is 14.2. The lowest BCUT2D eigenvalue weighted by molar-refractivity contribution is -0.145. The van der Waals surface area contributed by atoms with Crippen LogP contribution in [0.25, 0.3) is 0 Å². The van der Waals surface area contributed by atoms with Crippen LogP contribution >= 0.6 is 0 Å². The smallest absolute Gasteiger partial charge is 0.00546 e. The Kier molecular flexibility index (Phi) is 5.88. The van der Waals surface area contributed by atoms with E-state index in [4.69, 9.17) is 0 Å². The van der Waals surface area contributed by atoms with Gasteiger partial charge in [-0.2, -0.15) is 0 Å². The van der Waals surface area contributed by atoms with Crippen LogP contribution in [0, 0.1) is 50.7 Å². The van der Waals surface area contributed by atoms with E-state index >= 15 is 0 Å². The van der Waals surface area contributed by atoms with Crippen molar-refractivity contribution in [2.24, 2.45) is 50.7 Å². The Hall–Kier alpha value is -0.260. The van der Waals surface area contributed by atoms with E-state index in [2.05, 4.69) is 54.5 Å². The molecule has 31 heavy (non-hydrogen) atoms. The van der Waals surface area contributed by atoms with E-state index in [9.17, 15) is 0 Å². The van der Waals surface area contributed by atoms with Gasteiger partial charge in [0.05, 0.1) is 0 Å². The molecule has 0 aliphatic heterocycles. The third kappa shape index (κ3) is 3.26. The minimum atomic E-state index is 0.434. The van der Waals surface area contributed by atoms with E-state index in [1.165, 1.54) is 70.6 Å². The molecule has 8 atom stereocenters. The van der Waals surface area contributed by atoms with Crippen molar-refractivity contribution >= 4 is 0 Å². The Morgan fingerprint density at radius 3 is 2.19 bits per heavy atom. The molecule has 0 saturated heterocycles. The summed E-state index contributed by atoms with van der Waals surface area (Å²) in [4.78, 5) is 0. The van der Waals surface area contributed by atoms with Gasteiger partial charge in [0, 0.05) is 0 Å². The van der Waals surface area contributed by atoms with Gasteiger partial charge in [0.15, 0.2) is 0 Å². The van der Waals surface area contributed by atoms with Crippen molar-refractivity contribution in [3.05, 3.63) is 11.6 Å². The molecule has 5 aliphatic carbocycles. The SMILES string of the molecule is CC.CC1CCCC2(C)C1CCC1(C)C3CCC4(C)CCC(C)(C)CC4(C)C3=CCC12. The maximum atomic E-state index is 2.85. The molecule has 8 unspecified atom stereocenters. The van der Waals surface area contributed by atoms with Crippen molar-refractivity contribution in [3.8, 4) is 0 Å². The molecule has 0 heteroatoms. The van der Waals surface area contributed by atoms with Crippen LogP contribution in [-0.4, -0.2) is 0 Å². The van der Waals surface area contributed by atoms with Gasteiger partial charge in [0.2, 0.25) is 0 Å². The van der Waals surface area contributed by atoms with Crippen LogP contribution in [0.15, 0.2) is 11.6 Å². The zero-order valence-corrected chi connectivity index (χ0v) is 22.7. The highest BCUT2D eigenvalue weighted by atomic mass is 14.7. The Bertz CT molecular complexity index is 714. The zero-order chi connectivity index (χ0) is 22.9. The molecule has 0 amide bonds. The average molecular weight is 427 g/mol. The highest BCUT2D eigenvalue weighted by Gasteiger charge is 2.64. The summed E-state index contributed by atoms with van der Waals surface area (Å²) in [6.07, 6.45) is 18.9. The lowest BCUT2D eigenvalue weighted by atomic mass is 9.36. The van der Waals surface area contributed by atoms with Crippen LogP contribution in [0.3, 0.4) is 0 Å². The molecule has 5 aliphatic rings. The lowest BCUT2D eigenvalue weighted by Crippen LogP contribution is -2.60. The van der Waals surface area contributed by atoms with Crippen LogP contribution in [0.4, 0.5) is 0 Å². The van der Waals surface area contributed by atoms with Gasteiger partial charge < -0.3 is 0 Å². The van der Waals surface area contributed by atoms with Crippen LogP contribution in [-0.2, 0) is 0 Å². The number of hydrogen-bond donors (Lipinski definition) is 0. The Morgan fingerprint density at radius 2 is 1.48 bits per heavy atom. The summed E-state index contributed by atoms with van der Waals surface area (Å²) >= 11 is 0. The molecular formula is C31H54. The van der Waals surface area contributed by atoms with Crippen molar-refractivity contribution in [2.75, 3.05) is 0 Å². The Morgan fingerprint density at radius 1 is 0.774 bits per heavy atom. The standard InChI is InChI=1S/C29H48.C2H6/c1-20-9-8-14-27(5)21(20)13-16-28(6)22-12-15-26(4)18-17-25(2,3)19-29(26,7)23(22)10-11-24(27)28;1-2/h10,20-22,24H,8-9,11-19H2,1-7H3;1-2H3. The molecule has 0 bridgehead atoms. The molecule has 0 nitrogen and oxygen atoms in total. The quantitative estimate of drug-likeness (QED) is 0.338. The predicted molar refractivity (Wildman–Crippen MR) is 136 cm³/mol. The fourth-order valence-corrected chi connectivity index (χ4v) is 10.5. The monoisotopic (exact) mass is 426 g/mol. The molecule has 178 valence electrons. The third-order valence-electron chi connectivity index (χ3n) is 12.4. The molecule has 5 rings (SSSR count). The summed E-state index contributed by atoms with van der Waals surface area (Å²) in [5.74, 6) is 3.73. The number of allylic oxidation sites excluding steroid dienone is 2. The summed E-state index contributed by atoms with van der Waals surface area (Å²) in [6, 6.07) is 0. The van der Waals surface area contributed by atoms with Crippen molar-refractivity contribution < 1.29 is 0 Å². The molecular weight excluding hydrogens is 372 g/mol. The van der Waals surface area contributed by atoms with Gasteiger partial charge >= 0.3 is 0 Å². The fourth-order valence-electron chi connectivity index (χ4n) is 10.5. The second-order valence-electron chi connectivity index (χ2n) is 14.3. The number of hydrogen-bond acceptors (Lipinski definition) is 0. The second-order valence-corrected chi connectivity index (χ2v) is 14.3. The summed E-state index contributed by atoms with van der Waals surface area (Å²) in [5, 5.41) is 0. The summed E-state index contributed by atoms with van der Waals surface area (Å²) in [7, 11) is 0. The number of fused-ring (bicyclic) bond motifs is 7. The van der Waals surface area contributed by atoms with Gasteiger partial charge in [-0.25, -0.2) is 0 Å². The zero-order valence-electron chi connectivity index (χ0n) is 22.7. The van der Waals surface area contributed by atoms with Gasteiger partial charge in [-0.3, -0.25) is 0 Å². The largest absolute Gasteiger partial charge is 0.0841 e. The highest BCUT2D eigenvalue weighted by molar-refractivity contribution is 5.32. The van der Waals surface area contributed by atoms with Crippen molar-refractivity contribution in [1.29, 1.82) is 0 Å². The lowest BCUT2D eigenvalue weighted by Gasteiger charge is -2.68. The van der Waals surface area contributed by atoms with Gasteiger partial charge in [0.25, 0.3) is 0 Å². The summed E-state index contributed by atoms with van der Waals surface area (Å²) in [5.41, 5.74) is 4.57. The molecule has 4 fully saturated rings. The summed E-state index contributed by atoms with van der Waals surface area (Å²) in [6.45, 7) is 22.5. The molecule has 0 N–H and O–H groups in total. The van der Waals surface area contributed by atoms with Crippen LogP contribution < -0.4 is 0 Å². The first-order valence-corrected chi connectivity index (χ1v) is 14.2. The van der Waals surface area contributed by atoms with E-state index < -0.39 is 0 Å². The van der Waals surface area contributed by atoms with Gasteiger partial charge in [-0.05, 0) is 109 Å². The first-order chi connectivity index (χ1) is 14.5. The third-order valence-corrected chi connectivity index (χ3v) is 12.4. The Labute approximate surface area is 195 Å². The van der Waals surface area contributed by atoms with E-state index in [1.54, 1.807) is 0 Å². The molecule has 0 aromatic carbocycles. The first kappa shape index (κ1) is 23.9. The maximum Gasteiger partial charge on any atom is -0.00546 e. The topological polar surface area (TPSA) is 0 Å². The van der Waals surface area contributed by atoms with Crippen molar-refractivity contribution in [2.45, 2.75) is 133 Å². The van der Waals surface area contributed by atoms with E-state index in [0.29, 0.717) is 27.1 Å². The molecule has 4 saturated carbocycles.